The summed E-state index contributed by atoms with van der Waals surface area (Å²) in [6.07, 6.45) is -3.69. The molecule has 1 saturated heterocycles. The molecule has 4 aromatic rings. The predicted molar refractivity (Wildman–Crippen MR) is 213 cm³/mol. The van der Waals surface area contributed by atoms with E-state index in [4.69, 9.17) is 30.4 Å². The van der Waals surface area contributed by atoms with Gasteiger partial charge in [0.15, 0.2) is 29.9 Å². The first kappa shape index (κ1) is 43.3. The van der Waals surface area contributed by atoms with Crippen LogP contribution < -0.4 is 20.9 Å². The van der Waals surface area contributed by atoms with Crippen molar-refractivity contribution in [1.82, 2.24) is 0 Å². The maximum absolute atomic E-state index is 14.9. The third-order valence-electron chi connectivity index (χ3n) is 10.1. The number of guanidine groups is 1. The number of aliphatic imine (C=N–C) groups is 1. The van der Waals surface area contributed by atoms with E-state index in [2.05, 4.69) is 4.99 Å². The fourth-order valence-electron chi connectivity index (χ4n) is 7.27. The number of aldehydes is 1. The number of hydrogen-bond donors (Lipinski definition) is 8. The zero-order chi connectivity index (χ0) is 43.5. The van der Waals surface area contributed by atoms with E-state index in [9.17, 15) is 49.8 Å². The van der Waals surface area contributed by atoms with Gasteiger partial charge in [-0.25, -0.2) is 0 Å². The van der Waals surface area contributed by atoms with Crippen LogP contribution in [0.5, 0.6) is 17.2 Å². The number of carbonyl (C=O) groups is 4. The average molecular weight is 826 g/mol. The summed E-state index contributed by atoms with van der Waals surface area (Å²) in [5.41, 5.74) is 10.3. The van der Waals surface area contributed by atoms with Gasteiger partial charge in [0.1, 0.15) is 23.4 Å². The number of rotatable bonds is 14. The summed E-state index contributed by atoms with van der Waals surface area (Å²) < 4.78 is 23.3. The number of phenols is 1. The lowest BCUT2D eigenvalue weighted by atomic mass is 9.77. The smallest absolute Gasteiger partial charge is 0.308 e. The molecule has 10 N–H and O–H groups in total. The van der Waals surface area contributed by atoms with Crippen LogP contribution in [0.2, 0.25) is 0 Å². The van der Waals surface area contributed by atoms with Crippen LogP contribution in [0.25, 0.3) is 12.2 Å². The Morgan fingerprint density at radius 2 is 1.60 bits per heavy atom. The summed E-state index contributed by atoms with van der Waals surface area (Å²) in [7, 11) is 0. The van der Waals surface area contributed by atoms with Crippen LogP contribution in [0.1, 0.15) is 89.4 Å². The first-order chi connectivity index (χ1) is 28.6. The zero-order valence-electron chi connectivity index (χ0n) is 32.4. The van der Waals surface area contributed by atoms with Gasteiger partial charge in [0.25, 0.3) is 0 Å². The lowest BCUT2D eigenvalue weighted by Gasteiger charge is -2.45. The van der Waals surface area contributed by atoms with Crippen LogP contribution in [-0.4, -0.2) is 104 Å². The number of ketones is 2. The van der Waals surface area contributed by atoms with E-state index in [0.717, 1.165) is 13.0 Å². The number of benzene rings is 4. The van der Waals surface area contributed by atoms with Crippen molar-refractivity contribution in [2.75, 3.05) is 13.2 Å². The van der Waals surface area contributed by atoms with Crippen LogP contribution >= 0.6 is 0 Å². The summed E-state index contributed by atoms with van der Waals surface area (Å²) in [6, 6.07) is 15.8. The third-order valence-corrected chi connectivity index (χ3v) is 10.1. The van der Waals surface area contributed by atoms with Gasteiger partial charge >= 0.3 is 5.97 Å². The van der Waals surface area contributed by atoms with Crippen molar-refractivity contribution in [3.8, 4) is 17.2 Å². The van der Waals surface area contributed by atoms with Crippen LogP contribution in [0, 0.1) is 0 Å². The molecule has 2 aliphatic rings. The second kappa shape index (κ2) is 17.9. The van der Waals surface area contributed by atoms with Crippen molar-refractivity contribution in [3.63, 3.8) is 0 Å². The molecule has 0 unspecified atom stereocenters. The number of fused-ring (bicyclic) bond motifs is 2. The van der Waals surface area contributed by atoms with Crippen LogP contribution in [-0.2, 0) is 33.9 Å². The minimum Gasteiger partial charge on any atom is -0.507 e. The topological polar surface area (TPSA) is 291 Å². The number of nitrogens with two attached hydrogens (primary N) is 2. The first-order valence-electron chi connectivity index (χ1n) is 18.6. The number of esters is 1. The summed E-state index contributed by atoms with van der Waals surface area (Å²) in [5, 5.41) is 65.7. The highest BCUT2D eigenvalue weighted by Gasteiger charge is 2.56. The molecular weight excluding hydrogens is 782 g/mol. The van der Waals surface area contributed by atoms with Crippen molar-refractivity contribution in [1.29, 1.82) is 0 Å². The fourth-order valence-corrected chi connectivity index (χ4v) is 7.27. The van der Waals surface area contributed by atoms with E-state index in [1.54, 1.807) is 42.5 Å². The quantitative estimate of drug-likeness (QED) is 0.0115. The number of phenolic OH excluding ortho intramolecular Hbond substituents is 1. The van der Waals surface area contributed by atoms with Crippen molar-refractivity contribution >= 4 is 41.9 Å². The van der Waals surface area contributed by atoms with Gasteiger partial charge in [0.2, 0.25) is 12.1 Å². The molecule has 0 saturated carbocycles. The molecule has 17 nitrogen and oxygen atoms in total. The number of aromatic hydroxyl groups is 1. The van der Waals surface area contributed by atoms with Gasteiger partial charge in [-0.2, -0.15) is 0 Å². The molecule has 17 heteroatoms. The van der Waals surface area contributed by atoms with Crippen LogP contribution in [0.3, 0.4) is 0 Å². The lowest BCUT2D eigenvalue weighted by Crippen LogP contribution is -2.67. The van der Waals surface area contributed by atoms with Crippen LogP contribution in [0.15, 0.2) is 65.7 Å². The Morgan fingerprint density at radius 1 is 0.900 bits per heavy atom. The molecule has 0 aromatic heterocycles. The number of nitrogens with zero attached hydrogens (tertiary/aromatic N) is 1. The van der Waals surface area contributed by atoms with Gasteiger partial charge in [-0.3, -0.25) is 24.2 Å². The molecule has 0 bridgehead atoms. The van der Waals surface area contributed by atoms with E-state index in [-0.39, 0.29) is 81.5 Å². The Morgan fingerprint density at radius 3 is 2.25 bits per heavy atom. The molecule has 4 aromatic carbocycles. The van der Waals surface area contributed by atoms with E-state index in [0.29, 0.717) is 11.8 Å². The molecule has 0 radical (unpaired) electrons. The molecule has 6 rings (SSSR count). The number of hydrogen-bond acceptors (Lipinski definition) is 15. The second-order valence-electron chi connectivity index (χ2n) is 14.1. The number of aliphatic hydroxyl groups excluding tert-OH is 3. The van der Waals surface area contributed by atoms with Crippen molar-refractivity contribution < 1.29 is 68.8 Å². The summed E-state index contributed by atoms with van der Waals surface area (Å²) in [4.78, 5) is 58.0. The van der Waals surface area contributed by atoms with Crippen molar-refractivity contribution in [3.05, 3.63) is 122 Å². The molecular formula is C43H43N3O14. The van der Waals surface area contributed by atoms with Gasteiger partial charge in [-0.05, 0) is 47.4 Å². The predicted octanol–water partition coefficient (Wildman–Crippen LogP) is 1.48. The van der Waals surface area contributed by atoms with E-state index >= 15 is 0 Å². The molecule has 1 aliphatic carbocycles. The summed E-state index contributed by atoms with van der Waals surface area (Å²) in [5.74, 6) is -7.09. The van der Waals surface area contributed by atoms with Gasteiger partial charge in [-0.15, -0.1) is 0 Å². The Hall–Kier alpha value is -6.31. The number of aliphatic hydroxyl groups is 5. The highest BCUT2D eigenvalue weighted by Crippen LogP contribution is 2.46. The van der Waals surface area contributed by atoms with Gasteiger partial charge < -0.3 is 61.1 Å². The van der Waals surface area contributed by atoms with E-state index in [1.165, 1.54) is 31.2 Å². The van der Waals surface area contributed by atoms with Gasteiger partial charge in [0.05, 0.1) is 38.0 Å². The Balaban J connectivity index is 1.58. The van der Waals surface area contributed by atoms with Gasteiger partial charge in [-0.1, -0.05) is 54.6 Å². The minimum absolute atomic E-state index is 0.00532. The van der Waals surface area contributed by atoms with Gasteiger partial charge in [0, 0.05) is 46.7 Å². The minimum atomic E-state index is -3.02. The summed E-state index contributed by atoms with van der Waals surface area (Å²) in [6.45, 7) is 0.667. The number of carbonyl (C=O) groups excluding carboxylic acids is 4. The van der Waals surface area contributed by atoms with E-state index < -0.39 is 78.0 Å². The largest absolute Gasteiger partial charge is 0.507 e. The van der Waals surface area contributed by atoms with Crippen molar-refractivity contribution in [2.45, 2.75) is 63.9 Å². The third kappa shape index (κ3) is 8.41. The summed E-state index contributed by atoms with van der Waals surface area (Å²) >= 11 is 0. The Labute approximate surface area is 342 Å². The normalized spacial score (nSPS) is 19.4. The Bertz CT molecular complexity index is 2390. The Kier molecular flexibility index (Phi) is 12.9. The monoisotopic (exact) mass is 825 g/mol. The highest BCUT2D eigenvalue weighted by molar-refractivity contribution is 6.31. The fraction of sp³-hybridized carbons (Fsp3) is 0.279. The van der Waals surface area contributed by atoms with E-state index in [1.807, 2.05) is 0 Å². The standard InChI is InChI=1S/C43H43N3O14/c1-21-39(54)43(55,56)40(57-14-13-46-42(44)45)41(58-21)60-32-17-29-35(36(51)28(32)15-24-9-6-10-25(18-47)30(24)20-49)38(53)33-26(19-48)16-31(59-22(2)50)27(34(33)37(29)52)12-11-23-7-4-3-5-8-23/h3-12,16-17,20-21,39-41,47-48,51,54-56H,13-15,18-19H2,1-2H3,(H4,44,45,46)/b12-11+/t21-,39+,40-,41+/m0/s1. The molecule has 60 heavy (non-hydrogen) atoms. The molecule has 1 aliphatic heterocycles. The molecule has 4 atom stereocenters. The SMILES string of the molecule is CC(=O)Oc1cc(CO)c2c(c1/C=C/c1ccccc1)C(=O)c1cc(O[C@H]3O[C@@H](C)[C@@H](O)C(O)(O)[C@H]3OCCN=C(N)N)c(Cc3cccc(CO)c3C=O)c(O)c1C2=O. The average Bonchev–Trinajstić information content (AvgIpc) is 3.21. The van der Waals surface area contributed by atoms with Crippen LogP contribution in [0.4, 0.5) is 0 Å². The first-order valence-corrected chi connectivity index (χ1v) is 18.6. The van der Waals surface area contributed by atoms with Crippen molar-refractivity contribution in [2.24, 2.45) is 16.5 Å². The number of ether oxygens (including phenoxy) is 4. The maximum Gasteiger partial charge on any atom is 0.308 e. The molecule has 0 amide bonds. The molecule has 1 fully saturated rings. The molecule has 314 valence electrons. The zero-order valence-corrected chi connectivity index (χ0v) is 32.4. The lowest BCUT2D eigenvalue weighted by molar-refractivity contribution is -0.378. The second-order valence-corrected chi connectivity index (χ2v) is 14.1. The molecule has 0 spiro atoms. The molecule has 1 heterocycles. The maximum atomic E-state index is 14.9. The highest BCUT2D eigenvalue weighted by atomic mass is 16.7.